The van der Waals surface area contributed by atoms with E-state index in [4.69, 9.17) is 15.6 Å². The van der Waals surface area contributed by atoms with Gasteiger partial charge in [0.15, 0.2) is 11.8 Å². The zero-order valence-corrected chi connectivity index (χ0v) is 13.5. The fourth-order valence-electron chi connectivity index (χ4n) is 1.94. The van der Waals surface area contributed by atoms with E-state index in [-0.39, 0.29) is 0 Å². The lowest BCUT2D eigenvalue weighted by Gasteiger charge is -2.05. The minimum atomic E-state index is -1.11. The predicted octanol–water partition coefficient (Wildman–Crippen LogP) is 2.85. The Labute approximate surface area is 145 Å². The molecular formula is C19H16N2O4. The minimum Gasteiger partial charge on any atom is -0.480 e. The Balaban J connectivity index is 0.000000251. The van der Waals surface area contributed by atoms with Crippen molar-refractivity contribution in [2.24, 2.45) is 0 Å². The highest BCUT2D eigenvalue weighted by Gasteiger charge is 2.20. The molecule has 2 aromatic carbocycles. The molecule has 0 aliphatic heterocycles. The molecule has 0 radical (unpaired) electrons. The molecule has 0 saturated carbocycles. The number of benzene rings is 2. The van der Waals surface area contributed by atoms with E-state index in [0.717, 1.165) is 0 Å². The van der Waals surface area contributed by atoms with Crippen molar-refractivity contribution < 1.29 is 19.4 Å². The molecule has 0 spiro atoms. The fraction of sp³-hybridized carbons (Fsp3) is 0.158. The molecule has 0 saturated heterocycles. The molecule has 0 aliphatic rings. The van der Waals surface area contributed by atoms with E-state index in [1.807, 2.05) is 12.1 Å². The van der Waals surface area contributed by atoms with Crippen LogP contribution in [0.15, 0.2) is 60.7 Å². The third-order valence-corrected chi connectivity index (χ3v) is 3.21. The van der Waals surface area contributed by atoms with Crippen LogP contribution in [0, 0.1) is 22.7 Å². The number of nitrogens with zero attached hydrogens (tertiary/aromatic N) is 2. The smallest absolute Gasteiger partial charge is 0.327 e. The number of ether oxygens (including phenoxy) is 1. The van der Waals surface area contributed by atoms with Crippen LogP contribution in [-0.2, 0) is 14.3 Å². The lowest BCUT2D eigenvalue weighted by Crippen LogP contribution is -2.12. The van der Waals surface area contributed by atoms with Crippen LogP contribution in [-0.4, -0.2) is 24.2 Å². The van der Waals surface area contributed by atoms with Gasteiger partial charge in [-0.2, -0.15) is 10.5 Å². The van der Waals surface area contributed by atoms with Crippen LogP contribution in [0.4, 0.5) is 0 Å². The largest absolute Gasteiger partial charge is 0.480 e. The quantitative estimate of drug-likeness (QED) is 0.859. The number of aliphatic carboxylic acids is 1. The average Bonchev–Trinajstić information content (AvgIpc) is 2.65. The van der Waals surface area contributed by atoms with Crippen LogP contribution in [0.5, 0.6) is 0 Å². The van der Waals surface area contributed by atoms with Crippen molar-refractivity contribution in [3.05, 3.63) is 71.8 Å². The van der Waals surface area contributed by atoms with Crippen molar-refractivity contribution in [2.75, 3.05) is 7.11 Å². The average molecular weight is 336 g/mol. The molecule has 2 atom stereocenters. The molecule has 0 bridgehead atoms. The first-order valence-electron chi connectivity index (χ1n) is 7.24. The van der Waals surface area contributed by atoms with Crippen molar-refractivity contribution >= 4 is 11.9 Å². The van der Waals surface area contributed by atoms with Crippen LogP contribution in [0.2, 0.25) is 0 Å². The summed E-state index contributed by atoms with van der Waals surface area (Å²) in [7, 11) is 1.27. The van der Waals surface area contributed by atoms with E-state index in [9.17, 15) is 9.59 Å². The predicted molar refractivity (Wildman–Crippen MR) is 89.2 cm³/mol. The first kappa shape index (κ1) is 19.4. The number of carbonyl (C=O) groups is 2. The van der Waals surface area contributed by atoms with Gasteiger partial charge in [0.2, 0.25) is 0 Å². The van der Waals surface area contributed by atoms with Gasteiger partial charge in [-0.15, -0.1) is 0 Å². The second kappa shape index (κ2) is 10.2. The molecule has 25 heavy (non-hydrogen) atoms. The Kier molecular flexibility index (Phi) is 7.91. The summed E-state index contributed by atoms with van der Waals surface area (Å²) in [6.07, 6.45) is 0. The lowest BCUT2D eigenvalue weighted by atomic mass is 10.0. The molecule has 0 aliphatic carbocycles. The van der Waals surface area contributed by atoms with Gasteiger partial charge >= 0.3 is 11.9 Å². The number of methoxy groups -OCH3 is 1. The molecule has 6 heteroatoms. The van der Waals surface area contributed by atoms with Gasteiger partial charge in [-0.05, 0) is 11.1 Å². The highest BCUT2D eigenvalue weighted by atomic mass is 16.5. The van der Waals surface area contributed by atoms with Crippen LogP contribution in [0.25, 0.3) is 0 Å². The monoisotopic (exact) mass is 336 g/mol. The van der Waals surface area contributed by atoms with E-state index < -0.39 is 23.8 Å². The number of carbonyl (C=O) groups excluding carboxylic acids is 1. The standard InChI is InChI=1S/C10H9NO2.C9H7NO2/c1-13-10(12)9(7-11)8-5-3-2-4-6-8;10-6-8(9(11)12)7-4-2-1-3-5-7/h2-6,9H,1H3;1-5,8H,(H,11,12). The number of rotatable bonds is 4. The highest BCUT2D eigenvalue weighted by Crippen LogP contribution is 2.15. The van der Waals surface area contributed by atoms with Crippen molar-refractivity contribution in [3.63, 3.8) is 0 Å². The van der Waals surface area contributed by atoms with Gasteiger partial charge in [-0.1, -0.05) is 60.7 Å². The molecule has 0 fully saturated rings. The van der Waals surface area contributed by atoms with Gasteiger partial charge in [0, 0.05) is 0 Å². The van der Waals surface area contributed by atoms with Crippen LogP contribution in [0.1, 0.15) is 23.0 Å². The Morgan fingerprint density at radius 3 is 1.60 bits per heavy atom. The second-order valence-electron chi connectivity index (χ2n) is 4.81. The Hall–Kier alpha value is -3.64. The normalized spacial score (nSPS) is 11.5. The molecule has 2 unspecified atom stereocenters. The third-order valence-electron chi connectivity index (χ3n) is 3.21. The maximum absolute atomic E-state index is 11.1. The summed E-state index contributed by atoms with van der Waals surface area (Å²) in [5.74, 6) is -3.49. The number of nitriles is 2. The van der Waals surface area contributed by atoms with Crippen molar-refractivity contribution in [1.29, 1.82) is 10.5 Å². The van der Waals surface area contributed by atoms with Crippen molar-refractivity contribution in [3.8, 4) is 12.1 Å². The molecule has 0 aromatic heterocycles. The zero-order valence-electron chi connectivity index (χ0n) is 13.5. The highest BCUT2D eigenvalue weighted by molar-refractivity contribution is 5.81. The summed E-state index contributed by atoms with van der Waals surface area (Å²) in [5, 5.41) is 25.9. The molecule has 2 rings (SSSR count). The maximum atomic E-state index is 11.1. The summed E-state index contributed by atoms with van der Waals surface area (Å²) >= 11 is 0. The van der Waals surface area contributed by atoms with Gasteiger partial charge in [0.1, 0.15) is 0 Å². The number of carboxylic acid groups (broad SMARTS) is 1. The molecule has 126 valence electrons. The molecule has 0 heterocycles. The van der Waals surface area contributed by atoms with Gasteiger partial charge in [-0.3, -0.25) is 9.59 Å². The second-order valence-corrected chi connectivity index (χ2v) is 4.81. The minimum absolute atomic E-state index is 0.520. The SMILES string of the molecule is COC(=O)C(C#N)c1ccccc1.N#CC(C(=O)O)c1ccccc1. The zero-order chi connectivity index (χ0) is 18.7. The number of hydrogen-bond acceptors (Lipinski definition) is 5. The Morgan fingerprint density at radius 1 is 0.880 bits per heavy atom. The maximum Gasteiger partial charge on any atom is 0.327 e. The van der Waals surface area contributed by atoms with E-state index in [1.54, 1.807) is 60.7 Å². The molecule has 1 N–H and O–H groups in total. The first-order chi connectivity index (χ1) is 12.0. The molecular weight excluding hydrogens is 320 g/mol. The molecule has 2 aromatic rings. The van der Waals surface area contributed by atoms with Gasteiger partial charge < -0.3 is 9.84 Å². The van der Waals surface area contributed by atoms with Crippen LogP contribution in [0.3, 0.4) is 0 Å². The van der Waals surface area contributed by atoms with E-state index in [2.05, 4.69) is 4.74 Å². The summed E-state index contributed by atoms with van der Waals surface area (Å²) in [6, 6.07) is 20.9. The Bertz CT molecular complexity index is 777. The van der Waals surface area contributed by atoms with Crippen LogP contribution >= 0.6 is 0 Å². The van der Waals surface area contributed by atoms with E-state index in [1.165, 1.54) is 7.11 Å². The summed E-state index contributed by atoms with van der Waals surface area (Å²) in [6.45, 7) is 0. The van der Waals surface area contributed by atoms with E-state index >= 15 is 0 Å². The summed E-state index contributed by atoms with van der Waals surface area (Å²) in [4.78, 5) is 21.6. The van der Waals surface area contributed by atoms with Crippen molar-refractivity contribution in [1.82, 2.24) is 0 Å². The third kappa shape index (κ3) is 5.81. The van der Waals surface area contributed by atoms with Gasteiger partial charge in [-0.25, -0.2) is 0 Å². The van der Waals surface area contributed by atoms with E-state index in [0.29, 0.717) is 11.1 Å². The summed E-state index contributed by atoms with van der Waals surface area (Å²) in [5.41, 5.74) is 1.18. The van der Waals surface area contributed by atoms with Crippen molar-refractivity contribution in [2.45, 2.75) is 11.8 Å². The fourth-order valence-corrected chi connectivity index (χ4v) is 1.94. The summed E-state index contributed by atoms with van der Waals surface area (Å²) < 4.78 is 4.50. The number of hydrogen-bond donors (Lipinski definition) is 1. The molecule has 0 amide bonds. The van der Waals surface area contributed by atoms with Gasteiger partial charge in [0.25, 0.3) is 0 Å². The first-order valence-corrected chi connectivity index (χ1v) is 7.24. The van der Waals surface area contributed by atoms with Crippen LogP contribution < -0.4 is 0 Å². The Morgan fingerprint density at radius 2 is 1.28 bits per heavy atom. The lowest BCUT2D eigenvalue weighted by molar-refractivity contribution is -0.141. The molecule has 6 nitrogen and oxygen atoms in total. The van der Waals surface area contributed by atoms with Gasteiger partial charge in [0.05, 0.1) is 19.2 Å². The number of carboxylic acids is 1. The number of esters is 1. The topological polar surface area (TPSA) is 111 Å².